The summed E-state index contributed by atoms with van der Waals surface area (Å²) in [7, 11) is 0. The number of alkyl halides is 2. The lowest BCUT2D eigenvalue weighted by molar-refractivity contribution is -0.349. The van der Waals surface area contributed by atoms with Gasteiger partial charge in [-0.05, 0) is 34.6 Å². The first-order chi connectivity index (χ1) is 11.8. The SMILES string of the molecule is CCOC(=O)C(F)(F)C1(O)O[C@H]([C@H]2COC(C)(C)O2)[C@@H]2OC(C)(C)O[C@@H]21. The zero-order chi connectivity index (χ0) is 19.5. The summed E-state index contributed by atoms with van der Waals surface area (Å²) in [5.74, 6) is -11.7. The van der Waals surface area contributed by atoms with Gasteiger partial charge in [0, 0.05) is 0 Å². The summed E-state index contributed by atoms with van der Waals surface area (Å²) in [5, 5.41) is 10.7. The zero-order valence-corrected chi connectivity index (χ0v) is 15.3. The summed E-state index contributed by atoms with van der Waals surface area (Å²) in [6.45, 7) is 7.50. The van der Waals surface area contributed by atoms with Gasteiger partial charge in [-0.2, -0.15) is 8.78 Å². The quantitative estimate of drug-likeness (QED) is 0.719. The molecule has 26 heavy (non-hydrogen) atoms. The summed E-state index contributed by atoms with van der Waals surface area (Å²) >= 11 is 0. The van der Waals surface area contributed by atoms with E-state index in [1.165, 1.54) is 20.8 Å². The Kier molecular flexibility index (Phi) is 4.61. The van der Waals surface area contributed by atoms with Crippen molar-refractivity contribution in [2.75, 3.05) is 13.2 Å². The fourth-order valence-corrected chi connectivity index (χ4v) is 3.46. The molecular weight excluding hydrogens is 358 g/mol. The van der Waals surface area contributed by atoms with Crippen molar-refractivity contribution >= 4 is 5.97 Å². The lowest BCUT2D eigenvalue weighted by atomic mass is 9.98. The number of carbonyl (C=O) groups is 1. The van der Waals surface area contributed by atoms with Crippen LogP contribution in [0.3, 0.4) is 0 Å². The average Bonchev–Trinajstić information content (AvgIpc) is 3.11. The molecule has 0 aliphatic carbocycles. The number of halogens is 2. The Morgan fingerprint density at radius 3 is 2.31 bits per heavy atom. The van der Waals surface area contributed by atoms with Gasteiger partial charge < -0.3 is 33.5 Å². The topological polar surface area (TPSA) is 92.7 Å². The third-order valence-electron chi connectivity index (χ3n) is 4.53. The lowest BCUT2D eigenvalue weighted by Crippen LogP contribution is -2.61. The number of hydrogen-bond acceptors (Lipinski definition) is 8. The third kappa shape index (κ3) is 3.02. The normalized spacial score (nSPS) is 41.2. The van der Waals surface area contributed by atoms with Crippen molar-refractivity contribution in [3.63, 3.8) is 0 Å². The molecule has 0 bridgehead atoms. The minimum atomic E-state index is -4.38. The molecule has 0 amide bonds. The highest BCUT2D eigenvalue weighted by molar-refractivity contribution is 5.79. The molecule has 3 fully saturated rings. The summed E-state index contributed by atoms with van der Waals surface area (Å²) in [6, 6.07) is 0. The summed E-state index contributed by atoms with van der Waals surface area (Å²) in [4.78, 5) is 11.8. The van der Waals surface area contributed by atoms with Crippen LogP contribution in [-0.2, 0) is 33.2 Å². The van der Waals surface area contributed by atoms with Crippen molar-refractivity contribution in [3.05, 3.63) is 0 Å². The van der Waals surface area contributed by atoms with E-state index in [0.29, 0.717) is 0 Å². The highest BCUT2D eigenvalue weighted by Gasteiger charge is 2.76. The zero-order valence-electron chi connectivity index (χ0n) is 15.3. The Morgan fingerprint density at radius 1 is 1.12 bits per heavy atom. The Morgan fingerprint density at radius 2 is 1.77 bits per heavy atom. The molecule has 0 aromatic carbocycles. The third-order valence-corrected chi connectivity index (χ3v) is 4.53. The molecule has 8 nitrogen and oxygen atoms in total. The Hall–Kier alpha value is -0.910. The van der Waals surface area contributed by atoms with E-state index < -0.39 is 53.7 Å². The lowest BCUT2D eigenvalue weighted by Gasteiger charge is -2.34. The van der Waals surface area contributed by atoms with Crippen LogP contribution in [0.2, 0.25) is 0 Å². The minimum Gasteiger partial charge on any atom is -0.461 e. The second-order valence-corrected chi connectivity index (χ2v) is 7.46. The minimum absolute atomic E-state index is 0.0474. The van der Waals surface area contributed by atoms with E-state index >= 15 is 0 Å². The first kappa shape index (κ1) is 19.8. The number of carbonyl (C=O) groups excluding carboxylic acids is 1. The van der Waals surface area contributed by atoms with Gasteiger partial charge in [-0.25, -0.2) is 4.79 Å². The molecule has 3 heterocycles. The monoisotopic (exact) mass is 382 g/mol. The first-order valence-electron chi connectivity index (χ1n) is 8.45. The largest absolute Gasteiger partial charge is 0.461 e. The van der Waals surface area contributed by atoms with Crippen LogP contribution in [0.15, 0.2) is 0 Å². The molecule has 3 rings (SSSR count). The maximum atomic E-state index is 14.7. The van der Waals surface area contributed by atoms with Gasteiger partial charge in [0.15, 0.2) is 17.7 Å². The highest BCUT2D eigenvalue weighted by Crippen LogP contribution is 2.51. The molecule has 3 aliphatic heterocycles. The van der Waals surface area contributed by atoms with Crippen LogP contribution in [0.4, 0.5) is 8.78 Å². The molecule has 0 saturated carbocycles. The predicted molar refractivity (Wildman–Crippen MR) is 80.1 cm³/mol. The van der Waals surface area contributed by atoms with Crippen LogP contribution in [0, 0.1) is 0 Å². The molecule has 150 valence electrons. The van der Waals surface area contributed by atoms with E-state index in [-0.39, 0.29) is 13.2 Å². The van der Waals surface area contributed by atoms with Crippen molar-refractivity contribution in [2.24, 2.45) is 0 Å². The van der Waals surface area contributed by atoms with E-state index in [4.69, 9.17) is 23.7 Å². The smallest absolute Gasteiger partial charge is 0.397 e. The number of rotatable bonds is 4. The second kappa shape index (κ2) is 6.05. The van der Waals surface area contributed by atoms with Gasteiger partial charge in [0.25, 0.3) is 5.79 Å². The molecule has 1 N–H and O–H groups in total. The molecule has 0 aromatic rings. The van der Waals surface area contributed by atoms with Crippen molar-refractivity contribution in [2.45, 2.75) is 82.3 Å². The number of esters is 1. The van der Waals surface area contributed by atoms with Crippen LogP contribution in [0.25, 0.3) is 0 Å². The van der Waals surface area contributed by atoms with Crippen LogP contribution in [-0.4, -0.2) is 72.0 Å². The van der Waals surface area contributed by atoms with Gasteiger partial charge in [-0.15, -0.1) is 0 Å². The van der Waals surface area contributed by atoms with Crippen molar-refractivity contribution in [1.29, 1.82) is 0 Å². The van der Waals surface area contributed by atoms with E-state index in [0.717, 1.165) is 0 Å². The van der Waals surface area contributed by atoms with Crippen LogP contribution in [0.1, 0.15) is 34.6 Å². The Balaban J connectivity index is 1.93. The van der Waals surface area contributed by atoms with Gasteiger partial charge in [-0.1, -0.05) is 0 Å². The Bertz CT molecular complexity index is 581. The molecular formula is C16H24F2O8. The number of fused-ring (bicyclic) bond motifs is 1. The number of ether oxygens (including phenoxy) is 6. The predicted octanol–water partition coefficient (Wildman–Crippen LogP) is 0.944. The van der Waals surface area contributed by atoms with Crippen LogP contribution in [0.5, 0.6) is 0 Å². The molecule has 0 aromatic heterocycles. The molecule has 3 saturated heterocycles. The van der Waals surface area contributed by atoms with E-state index in [2.05, 4.69) is 4.74 Å². The number of hydrogen-bond donors (Lipinski definition) is 1. The second-order valence-electron chi connectivity index (χ2n) is 7.46. The van der Waals surface area contributed by atoms with E-state index in [9.17, 15) is 18.7 Å². The number of aliphatic hydroxyl groups is 1. The maximum absolute atomic E-state index is 14.7. The fraction of sp³-hybridized carbons (Fsp3) is 0.938. The van der Waals surface area contributed by atoms with Gasteiger partial charge >= 0.3 is 11.9 Å². The Labute approximate surface area is 149 Å². The summed E-state index contributed by atoms with van der Waals surface area (Å²) in [6.07, 6.45) is -4.62. The van der Waals surface area contributed by atoms with Crippen molar-refractivity contribution < 1.29 is 47.1 Å². The van der Waals surface area contributed by atoms with Gasteiger partial charge in [0.2, 0.25) is 0 Å². The van der Waals surface area contributed by atoms with Crippen LogP contribution >= 0.6 is 0 Å². The van der Waals surface area contributed by atoms with Crippen molar-refractivity contribution in [3.8, 4) is 0 Å². The molecule has 10 heteroatoms. The van der Waals surface area contributed by atoms with E-state index in [1.54, 1.807) is 13.8 Å². The van der Waals surface area contributed by atoms with Gasteiger partial charge in [0.1, 0.15) is 18.3 Å². The standard InChI is InChI=1S/C16H24F2O8/c1-6-21-12(19)15(17,18)16(20)11-10(24-14(4,5)26-11)9(25-16)8-7-22-13(2,3)23-8/h8-11,20H,6-7H2,1-5H3/t8-,9-,10+,11+,16?/m1/s1. The fourth-order valence-electron chi connectivity index (χ4n) is 3.46. The molecule has 0 spiro atoms. The van der Waals surface area contributed by atoms with Crippen molar-refractivity contribution in [1.82, 2.24) is 0 Å². The van der Waals surface area contributed by atoms with Gasteiger partial charge in [-0.3, -0.25) is 0 Å². The van der Waals surface area contributed by atoms with Crippen LogP contribution < -0.4 is 0 Å². The summed E-state index contributed by atoms with van der Waals surface area (Å²) < 4.78 is 61.4. The molecule has 5 atom stereocenters. The highest BCUT2D eigenvalue weighted by atomic mass is 19.3. The molecule has 0 radical (unpaired) electrons. The first-order valence-corrected chi connectivity index (χ1v) is 8.45. The van der Waals surface area contributed by atoms with Gasteiger partial charge in [0.05, 0.1) is 13.2 Å². The van der Waals surface area contributed by atoms with E-state index in [1.807, 2.05) is 0 Å². The molecule has 1 unspecified atom stereocenters. The molecule has 3 aliphatic rings. The summed E-state index contributed by atoms with van der Waals surface area (Å²) in [5.41, 5.74) is 0. The maximum Gasteiger partial charge on any atom is 0.397 e. The average molecular weight is 382 g/mol.